The van der Waals surface area contributed by atoms with Crippen molar-refractivity contribution in [3.05, 3.63) is 35.4 Å². The smallest absolute Gasteiger partial charge is 0.334 e. The van der Waals surface area contributed by atoms with Crippen molar-refractivity contribution in [1.82, 2.24) is 4.98 Å². The van der Waals surface area contributed by atoms with E-state index in [1.54, 1.807) is 0 Å². The van der Waals surface area contributed by atoms with Gasteiger partial charge in [0.1, 0.15) is 8.24 Å². The third-order valence-corrected chi connectivity index (χ3v) is 3.34. The van der Waals surface area contributed by atoms with E-state index in [-0.39, 0.29) is 0 Å². The molecule has 0 aliphatic carbocycles. The van der Waals surface area contributed by atoms with Crippen LogP contribution in [0, 0.1) is 0 Å². The Morgan fingerprint density at radius 3 is 1.94 bits per heavy atom. The van der Waals surface area contributed by atoms with E-state index in [0.717, 1.165) is 17.7 Å². The number of halogens is 3. The van der Waals surface area contributed by atoms with Gasteiger partial charge in [-0.2, -0.15) is 13.2 Å². The minimum atomic E-state index is -4.25. The fourth-order valence-corrected chi connectivity index (χ4v) is 1.91. The topological polar surface area (TPSA) is 12.0 Å². The molecule has 0 aliphatic rings. The molecule has 1 aromatic carbocycles. The van der Waals surface area contributed by atoms with Gasteiger partial charge in [-0.05, 0) is 17.7 Å². The predicted octanol–water partition coefficient (Wildman–Crippen LogP) is 3.63. The van der Waals surface area contributed by atoms with E-state index in [9.17, 15) is 13.2 Å². The van der Waals surface area contributed by atoms with Crippen LogP contribution in [0.4, 0.5) is 13.2 Å². The Kier molecular flexibility index (Phi) is 3.80. The van der Waals surface area contributed by atoms with E-state index in [0.29, 0.717) is 6.54 Å². The van der Waals surface area contributed by atoms with Crippen molar-refractivity contribution in [2.24, 2.45) is 0 Å². The lowest BCUT2D eigenvalue weighted by Crippen LogP contribution is -2.40. The summed E-state index contributed by atoms with van der Waals surface area (Å²) in [5.74, 6) is 0. The molecule has 0 unspecified atom stereocenters. The van der Waals surface area contributed by atoms with Crippen molar-refractivity contribution in [1.29, 1.82) is 0 Å². The maximum Gasteiger partial charge on any atom is 0.416 e. The Balaban J connectivity index is 2.66. The van der Waals surface area contributed by atoms with E-state index >= 15 is 0 Å². The quantitative estimate of drug-likeness (QED) is 0.804. The van der Waals surface area contributed by atoms with Crippen LogP contribution >= 0.6 is 0 Å². The third-order valence-electron chi connectivity index (χ3n) is 2.10. The second-order valence-electron chi connectivity index (χ2n) is 4.80. The summed E-state index contributed by atoms with van der Waals surface area (Å²) >= 11 is 0. The number of rotatable bonds is 3. The molecule has 0 aromatic heterocycles. The molecular weight excluding hydrogens is 231 g/mol. The first-order chi connectivity index (χ1) is 7.18. The fraction of sp³-hybridized carbons (Fsp3) is 0.455. The highest BCUT2D eigenvalue weighted by Crippen LogP contribution is 2.29. The highest BCUT2D eigenvalue weighted by molar-refractivity contribution is 6.73. The van der Waals surface area contributed by atoms with Gasteiger partial charge in [-0.3, -0.25) is 0 Å². The predicted molar refractivity (Wildman–Crippen MR) is 61.6 cm³/mol. The van der Waals surface area contributed by atoms with Gasteiger partial charge in [0.05, 0.1) is 5.56 Å². The molecule has 0 bridgehead atoms. The lowest BCUT2D eigenvalue weighted by Gasteiger charge is -2.18. The second-order valence-corrected chi connectivity index (χ2v) is 9.65. The first kappa shape index (κ1) is 13.3. The number of alkyl halides is 3. The van der Waals surface area contributed by atoms with Crippen LogP contribution in [0.5, 0.6) is 0 Å². The Morgan fingerprint density at radius 2 is 1.56 bits per heavy atom. The highest BCUT2D eigenvalue weighted by Gasteiger charge is 2.29. The van der Waals surface area contributed by atoms with Crippen LogP contribution in [0.3, 0.4) is 0 Å². The van der Waals surface area contributed by atoms with E-state index in [1.165, 1.54) is 12.1 Å². The summed E-state index contributed by atoms with van der Waals surface area (Å²) in [5.41, 5.74) is 0.291. The molecular formula is C11H16F3NSi. The van der Waals surface area contributed by atoms with Crippen molar-refractivity contribution in [2.45, 2.75) is 32.4 Å². The number of nitrogens with one attached hydrogen (secondary N) is 1. The molecule has 0 amide bonds. The zero-order chi connectivity index (χ0) is 12.4. The van der Waals surface area contributed by atoms with Gasteiger partial charge in [-0.1, -0.05) is 31.8 Å². The molecule has 0 fully saturated rings. The third kappa shape index (κ3) is 4.36. The summed E-state index contributed by atoms with van der Waals surface area (Å²) in [6.07, 6.45) is -4.25. The Labute approximate surface area is 94.8 Å². The van der Waals surface area contributed by atoms with Gasteiger partial charge < -0.3 is 4.98 Å². The van der Waals surface area contributed by atoms with Crippen LogP contribution in [0.1, 0.15) is 11.1 Å². The molecule has 0 saturated heterocycles. The average molecular weight is 247 g/mol. The van der Waals surface area contributed by atoms with Gasteiger partial charge in [0.15, 0.2) is 0 Å². The normalized spacial score (nSPS) is 12.9. The molecule has 0 spiro atoms. The number of hydrogen-bond acceptors (Lipinski definition) is 1. The van der Waals surface area contributed by atoms with E-state index in [1.807, 2.05) is 0 Å². The molecule has 1 N–H and O–H groups in total. The van der Waals surface area contributed by atoms with Crippen LogP contribution in [0.25, 0.3) is 0 Å². The first-order valence-electron chi connectivity index (χ1n) is 5.10. The molecule has 0 saturated carbocycles. The molecule has 16 heavy (non-hydrogen) atoms. The van der Waals surface area contributed by atoms with Crippen molar-refractivity contribution in [2.75, 3.05) is 0 Å². The van der Waals surface area contributed by atoms with E-state index < -0.39 is 20.0 Å². The van der Waals surface area contributed by atoms with Gasteiger partial charge in [0.25, 0.3) is 0 Å². The highest BCUT2D eigenvalue weighted by atomic mass is 28.3. The molecule has 1 rings (SSSR count). The van der Waals surface area contributed by atoms with Crippen LogP contribution < -0.4 is 4.98 Å². The van der Waals surface area contributed by atoms with E-state index in [2.05, 4.69) is 24.6 Å². The Morgan fingerprint density at radius 1 is 1.06 bits per heavy atom. The summed E-state index contributed by atoms with van der Waals surface area (Å²) in [4.78, 5) is 3.35. The molecule has 90 valence electrons. The molecule has 1 nitrogen and oxygen atoms in total. The standard InChI is InChI=1S/C11H16F3NSi/c1-16(2,3)15-8-9-4-6-10(7-5-9)11(12,13)14/h4-7,15H,8H2,1-3H3. The Bertz CT molecular complexity index is 338. The van der Waals surface area contributed by atoms with Crippen LogP contribution in [-0.2, 0) is 12.7 Å². The largest absolute Gasteiger partial charge is 0.416 e. The van der Waals surface area contributed by atoms with Crippen molar-refractivity contribution < 1.29 is 13.2 Å². The van der Waals surface area contributed by atoms with Crippen molar-refractivity contribution >= 4 is 8.24 Å². The lowest BCUT2D eigenvalue weighted by molar-refractivity contribution is -0.137. The molecule has 0 atom stereocenters. The van der Waals surface area contributed by atoms with E-state index in [4.69, 9.17) is 0 Å². The summed E-state index contributed by atoms with van der Waals surface area (Å²) in [6.45, 7) is 7.08. The van der Waals surface area contributed by atoms with Gasteiger partial charge in [-0.15, -0.1) is 0 Å². The average Bonchev–Trinajstić information content (AvgIpc) is 2.13. The molecule has 0 heterocycles. The zero-order valence-electron chi connectivity index (χ0n) is 9.65. The fourth-order valence-electron chi connectivity index (χ4n) is 1.18. The molecule has 5 heteroatoms. The molecule has 0 aliphatic heterocycles. The molecule has 1 aromatic rings. The van der Waals surface area contributed by atoms with Gasteiger partial charge in [0, 0.05) is 6.54 Å². The SMILES string of the molecule is C[Si](C)(C)NCc1ccc(C(F)(F)F)cc1. The number of benzene rings is 1. The lowest BCUT2D eigenvalue weighted by atomic mass is 10.1. The molecule has 0 radical (unpaired) electrons. The summed E-state index contributed by atoms with van der Waals surface area (Å²) in [7, 11) is -1.36. The minimum Gasteiger partial charge on any atom is -0.334 e. The summed E-state index contributed by atoms with van der Waals surface area (Å²) in [5, 5.41) is 0. The second kappa shape index (κ2) is 4.59. The summed E-state index contributed by atoms with van der Waals surface area (Å²) in [6, 6.07) is 5.30. The van der Waals surface area contributed by atoms with Crippen molar-refractivity contribution in [3.8, 4) is 0 Å². The Hall–Kier alpha value is -0.813. The maximum absolute atomic E-state index is 12.3. The maximum atomic E-state index is 12.3. The first-order valence-corrected chi connectivity index (χ1v) is 8.60. The summed E-state index contributed by atoms with van der Waals surface area (Å²) < 4.78 is 36.9. The van der Waals surface area contributed by atoms with Gasteiger partial charge >= 0.3 is 6.18 Å². The number of hydrogen-bond donors (Lipinski definition) is 1. The van der Waals surface area contributed by atoms with Crippen LogP contribution in [-0.4, -0.2) is 8.24 Å². The van der Waals surface area contributed by atoms with Crippen molar-refractivity contribution in [3.63, 3.8) is 0 Å². The van der Waals surface area contributed by atoms with Crippen LogP contribution in [0.2, 0.25) is 19.6 Å². The zero-order valence-corrected chi connectivity index (χ0v) is 10.7. The minimum absolute atomic E-state index is 0.593. The van der Waals surface area contributed by atoms with Crippen LogP contribution in [0.15, 0.2) is 24.3 Å². The van der Waals surface area contributed by atoms with Gasteiger partial charge in [-0.25, -0.2) is 0 Å². The monoisotopic (exact) mass is 247 g/mol. The van der Waals surface area contributed by atoms with Gasteiger partial charge in [0.2, 0.25) is 0 Å².